The van der Waals surface area contributed by atoms with Crippen molar-refractivity contribution in [1.29, 1.82) is 0 Å². The SMILES string of the molecule is CCCCCNc1ccc(NC)cc1. The summed E-state index contributed by atoms with van der Waals surface area (Å²) in [4.78, 5) is 0. The Morgan fingerprint density at radius 1 is 1.00 bits per heavy atom. The number of hydrogen-bond donors (Lipinski definition) is 2. The molecule has 2 N–H and O–H groups in total. The molecule has 0 amide bonds. The average molecular weight is 192 g/mol. The van der Waals surface area contributed by atoms with Crippen LogP contribution < -0.4 is 10.6 Å². The van der Waals surface area contributed by atoms with Gasteiger partial charge in [-0.2, -0.15) is 0 Å². The van der Waals surface area contributed by atoms with Crippen LogP contribution >= 0.6 is 0 Å². The van der Waals surface area contributed by atoms with E-state index in [4.69, 9.17) is 0 Å². The largest absolute Gasteiger partial charge is 0.388 e. The van der Waals surface area contributed by atoms with Crippen LogP contribution in [0.1, 0.15) is 26.2 Å². The molecule has 0 unspecified atom stereocenters. The van der Waals surface area contributed by atoms with Crippen LogP contribution in [-0.4, -0.2) is 13.6 Å². The van der Waals surface area contributed by atoms with Gasteiger partial charge in [-0.25, -0.2) is 0 Å². The van der Waals surface area contributed by atoms with Crippen LogP contribution in [0.5, 0.6) is 0 Å². The van der Waals surface area contributed by atoms with E-state index in [-0.39, 0.29) is 0 Å². The highest BCUT2D eigenvalue weighted by Gasteiger charge is 1.91. The lowest BCUT2D eigenvalue weighted by atomic mass is 10.2. The van der Waals surface area contributed by atoms with E-state index < -0.39 is 0 Å². The zero-order valence-electron chi connectivity index (χ0n) is 9.14. The maximum atomic E-state index is 3.40. The zero-order chi connectivity index (χ0) is 10.2. The molecule has 0 heterocycles. The second-order valence-corrected chi connectivity index (χ2v) is 3.46. The Morgan fingerprint density at radius 3 is 2.21 bits per heavy atom. The van der Waals surface area contributed by atoms with Crippen molar-refractivity contribution in [3.63, 3.8) is 0 Å². The lowest BCUT2D eigenvalue weighted by Gasteiger charge is -2.06. The molecule has 0 fully saturated rings. The molecule has 78 valence electrons. The van der Waals surface area contributed by atoms with Crippen LogP contribution in [0, 0.1) is 0 Å². The molecular weight excluding hydrogens is 172 g/mol. The van der Waals surface area contributed by atoms with E-state index in [1.165, 1.54) is 24.9 Å². The fraction of sp³-hybridized carbons (Fsp3) is 0.500. The molecule has 0 saturated heterocycles. The van der Waals surface area contributed by atoms with E-state index in [0.717, 1.165) is 12.2 Å². The van der Waals surface area contributed by atoms with Gasteiger partial charge in [0.15, 0.2) is 0 Å². The zero-order valence-corrected chi connectivity index (χ0v) is 9.14. The van der Waals surface area contributed by atoms with E-state index in [0.29, 0.717) is 0 Å². The van der Waals surface area contributed by atoms with Gasteiger partial charge >= 0.3 is 0 Å². The van der Waals surface area contributed by atoms with Crippen LogP contribution in [0.25, 0.3) is 0 Å². The first-order chi connectivity index (χ1) is 6.86. The molecule has 1 rings (SSSR count). The summed E-state index contributed by atoms with van der Waals surface area (Å²) in [6.07, 6.45) is 3.84. The van der Waals surface area contributed by atoms with E-state index >= 15 is 0 Å². The summed E-state index contributed by atoms with van der Waals surface area (Å²) >= 11 is 0. The number of unbranched alkanes of at least 4 members (excludes halogenated alkanes) is 2. The molecule has 14 heavy (non-hydrogen) atoms. The smallest absolute Gasteiger partial charge is 0.0341 e. The average Bonchev–Trinajstić information content (AvgIpc) is 2.25. The molecule has 0 bridgehead atoms. The number of benzene rings is 1. The van der Waals surface area contributed by atoms with Crippen LogP contribution in [0.3, 0.4) is 0 Å². The molecule has 1 aromatic carbocycles. The van der Waals surface area contributed by atoms with Gasteiger partial charge in [0, 0.05) is 25.0 Å². The topological polar surface area (TPSA) is 24.1 Å². The van der Waals surface area contributed by atoms with Gasteiger partial charge in [0.1, 0.15) is 0 Å². The van der Waals surface area contributed by atoms with Gasteiger partial charge < -0.3 is 10.6 Å². The molecule has 0 aliphatic carbocycles. The van der Waals surface area contributed by atoms with Crippen molar-refractivity contribution in [2.45, 2.75) is 26.2 Å². The first kappa shape index (κ1) is 10.9. The Bertz CT molecular complexity index is 241. The lowest BCUT2D eigenvalue weighted by molar-refractivity contribution is 0.744. The summed E-state index contributed by atoms with van der Waals surface area (Å²) in [7, 11) is 1.93. The fourth-order valence-corrected chi connectivity index (χ4v) is 1.36. The molecule has 0 saturated carbocycles. The number of nitrogens with one attached hydrogen (secondary N) is 2. The highest BCUT2D eigenvalue weighted by atomic mass is 14.9. The predicted octanol–water partition coefficient (Wildman–Crippen LogP) is 3.33. The Balaban J connectivity index is 2.29. The minimum Gasteiger partial charge on any atom is -0.388 e. The molecule has 0 radical (unpaired) electrons. The standard InChI is InChI=1S/C12H20N2/c1-3-4-5-10-14-12-8-6-11(13-2)7-9-12/h6-9,13-14H,3-5,10H2,1-2H3. The number of anilines is 2. The van der Waals surface area contributed by atoms with E-state index in [9.17, 15) is 0 Å². The van der Waals surface area contributed by atoms with Crippen molar-refractivity contribution in [1.82, 2.24) is 0 Å². The first-order valence-corrected chi connectivity index (χ1v) is 5.38. The van der Waals surface area contributed by atoms with Gasteiger partial charge in [0.05, 0.1) is 0 Å². The molecule has 0 aliphatic rings. The summed E-state index contributed by atoms with van der Waals surface area (Å²) in [6.45, 7) is 3.30. The summed E-state index contributed by atoms with van der Waals surface area (Å²) in [5, 5.41) is 6.51. The second-order valence-electron chi connectivity index (χ2n) is 3.46. The van der Waals surface area contributed by atoms with Crippen molar-refractivity contribution in [2.24, 2.45) is 0 Å². The highest BCUT2D eigenvalue weighted by molar-refractivity contribution is 5.53. The quantitative estimate of drug-likeness (QED) is 0.675. The summed E-state index contributed by atoms with van der Waals surface area (Å²) in [5.41, 5.74) is 2.37. The van der Waals surface area contributed by atoms with Crippen molar-refractivity contribution < 1.29 is 0 Å². The molecule has 0 aromatic heterocycles. The third kappa shape index (κ3) is 3.69. The minimum atomic E-state index is 1.08. The van der Waals surface area contributed by atoms with Crippen molar-refractivity contribution in [2.75, 3.05) is 24.2 Å². The summed E-state index contributed by atoms with van der Waals surface area (Å²) in [5.74, 6) is 0. The van der Waals surface area contributed by atoms with Crippen LogP contribution in [0.15, 0.2) is 24.3 Å². The van der Waals surface area contributed by atoms with E-state index in [1.807, 2.05) is 7.05 Å². The molecule has 2 heteroatoms. The molecule has 2 nitrogen and oxygen atoms in total. The van der Waals surface area contributed by atoms with Gasteiger partial charge in [0.25, 0.3) is 0 Å². The van der Waals surface area contributed by atoms with Gasteiger partial charge in [-0.15, -0.1) is 0 Å². The van der Waals surface area contributed by atoms with Crippen LogP contribution in [0.4, 0.5) is 11.4 Å². The third-order valence-corrected chi connectivity index (χ3v) is 2.28. The van der Waals surface area contributed by atoms with E-state index in [2.05, 4.69) is 41.8 Å². The molecule has 1 aromatic rings. The highest BCUT2D eigenvalue weighted by Crippen LogP contribution is 2.12. The Morgan fingerprint density at radius 2 is 1.64 bits per heavy atom. The Labute approximate surface area is 86.7 Å². The van der Waals surface area contributed by atoms with Crippen LogP contribution in [-0.2, 0) is 0 Å². The molecule has 0 spiro atoms. The Hall–Kier alpha value is -1.18. The maximum Gasteiger partial charge on any atom is 0.0341 e. The maximum absolute atomic E-state index is 3.40. The number of hydrogen-bond acceptors (Lipinski definition) is 2. The molecule has 0 aliphatic heterocycles. The number of rotatable bonds is 6. The third-order valence-electron chi connectivity index (χ3n) is 2.28. The Kier molecular flexibility index (Phi) is 4.90. The van der Waals surface area contributed by atoms with Crippen molar-refractivity contribution in [3.8, 4) is 0 Å². The van der Waals surface area contributed by atoms with Crippen molar-refractivity contribution in [3.05, 3.63) is 24.3 Å². The minimum absolute atomic E-state index is 1.08. The molecule has 0 atom stereocenters. The predicted molar refractivity (Wildman–Crippen MR) is 64.0 cm³/mol. The monoisotopic (exact) mass is 192 g/mol. The van der Waals surface area contributed by atoms with Gasteiger partial charge in [0.2, 0.25) is 0 Å². The fourth-order valence-electron chi connectivity index (χ4n) is 1.36. The second kappa shape index (κ2) is 6.30. The van der Waals surface area contributed by atoms with Gasteiger partial charge in [-0.1, -0.05) is 19.8 Å². The normalized spacial score (nSPS) is 9.86. The summed E-state index contributed by atoms with van der Waals surface area (Å²) in [6, 6.07) is 8.39. The van der Waals surface area contributed by atoms with Gasteiger partial charge in [-0.3, -0.25) is 0 Å². The lowest BCUT2D eigenvalue weighted by Crippen LogP contribution is -2.01. The first-order valence-electron chi connectivity index (χ1n) is 5.38. The van der Waals surface area contributed by atoms with Gasteiger partial charge in [-0.05, 0) is 30.7 Å². The summed E-state index contributed by atoms with van der Waals surface area (Å²) < 4.78 is 0. The van der Waals surface area contributed by atoms with E-state index in [1.54, 1.807) is 0 Å². The molecular formula is C12H20N2. The van der Waals surface area contributed by atoms with Crippen molar-refractivity contribution >= 4 is 11.4 Å². The van der Waals surface area contributed by atoms with Crippen LogP contribution in [0.2, 0.25) is 0 Å².